The van der Waals surface area contributed by atoms with Crippen LogP contribution in [0.1, 0.15) is 24.0 Å². The number of ether oxygens (including phenoxy) is 2. The Bertz CT molecular complexity index is 972. The molecule has 4 rings (SSSR count). The number of fused-ring (bicyclic) bond motifs is 2. The summed E-state index contributed by atoms with van der Waals surface area (Å²) in [5.41, 5.74) is 3.93. The largest absolute Gasteiger partial charge is 0.506 e. The van der Waals surface area contributed by atoms with E-state index in [9.17, 15) is 5.11 Å². The van der Waals surface area contributed by atoms with Gasteiger partial charge in [0.1, 0.15) is 17.9 Å². The van der Waals surface area contributed by atoms with Crippen molar-refractivity contribution < 1.29 is 14.6 Å². The number of nitrogens with zero attached hydrogens (tertiary/aromatic N) is 2. The molecule has 0 saturated carbocycles. The quantitative estimate of drug-likeness (QED) is 0.693. The van der Waals surface area contributed by atoms with Crippen LogP contribution >= 0.6 is 0 Å². The number of hydrogen-bond acceptors (Lipinski definition) is 6. The molecule has 6 heteroatoms. The van der Waals surface area contributed by atoms with Crippen LogP contribution in [0.2, 0.25) is 0 Å². The number of aryl methyl sites for hydroxylation is 1. The molecule has 3 aromatic rings. The highest BCUT2D eigenvalue weighted by atomic mass is 16.5. The van der Waals surface area contributed by atoms with E-state index in [0.717, 1.165) is 35.9 Å². The van der Waals surface area contributed by atoms with E-state index in [1.54, 1.807) is 20.3 Å². The van der Waals surface area contributed by atoms with E-state index in [2.05, 4.69) is 15.3 Å². The fraction of sp³-hybridized carbons (Fsp3) is 0.300. The van der Waals surface area contributed by atoms with E-state index in [1.807, 2.05) is 18.2 Å². The zero-order valence-corrected chi connectivity index (χ0v) is 14.9. The fourth-order valence-electron chi connectivity index (χ4n) is 3.56. The Hall–Kier alpha value is -3.02. The van der Waals surface area contributed by atoms with Gasteiger partial charge in [-0.1, -0.05) is 6.07 Å². The van der Waals surface area contributed by atoms with Crippen molar-refractivity contribution in [2.75, 3.05) is 19.5 Å². The first-order valence-corrected chi connectivity index (χ1v) is 8.68. The highest BCUT2D eigenvalue weighted by molar-refractivity contribution is 5.93. The molecule has 1 aliphatic rings. The Morgan fingerprint density at radius 1 is 1.00 bits per heavy atom. The number of phenolic OH excluding ortho intramolecular Hbond substituents is 1. The van der Waals surface area contributed by atoms with Gasteiger partial charge in [-0.15, -0.1) is 0 Å². The third-order valence-corrected chi connectivity index (χ3v) is 4.89. The predicted molar refractivity (Wildman–Crippen MR) is 101 cm³/mol. The maximum Gasteiger partial charge on any atom is 0.162 e. The molecule has 0 fully saturated rings. The molecule has 2 aromatic carbocycles. The van der Waals surface area contributed by atoms with Crippen molar-refractivity contribution in [3.05, 3.63) is 41.7 Å². The van der Waals surface area contributed by atoms with Crippen molar-refractivity contribution in [1.82, 2.24) is 9.97 Å². The van der Waals surface area contributed by atoms with Gasteiger partial charge in [0.15, 0.2) is 11.5 Å². The van der Waals surface area contributed by atoms with Crippen molar-refractivity contribution in [1.29, 1.82) is 0 Å². The third-order valence-electron chi connectivity index (χ3n) is 4.89. The summed E-state index contributed by atoms with van der Waals surface area (Å²) in [4.78, 5) is 8.72. The van der Waals surface area contributed by atoms with Crippen molar-refractivity contribution in [3.63, 3.8) is 0 Å². The summed E-state index contributed by atoms with van der Waals surface area (Å²) < 4.78 is 10.8. The second-order valence-corrected chi connectivity index (χ2v) is 6.38. The van der Waals surface area contributed by atoms with Gasteiger partial charge in [0.25, 0.3) is 0 Å². The first-order valence-electron chi connectivity index (χ1n) is 8.68. The van der Waals surface area contributed by atoms with Crippen LogP contribution in [0, 0.1) is 0 Å². The number of phenols is 1. The average Bonchev–Trinajstić information content (AvgIpc) is 2.69. The van der Waals surface area contributed by atoms with E-state index in [4.69, 9.17) is 9.47 Å². The maximum absolute atomic E-state index is 10.4. The van der Waals surface area contributed by atoms with Gasteiger partial charge in [0.05, 0.1) is 25.4 Å². The molecule has 6 nitrogen and oxygen atoms in total. The van der Waals surface area contributed by atoms with Crippen LogP contribution in [0.15, 0.2) is 30.6 Å². The van der Waals surface area contributed by atoms with Crippen LogP contribution in [0.4, 0.5) is 11.5 Å². The molecular formula is C20H21N3O3. The van der Waals surface area contributed by atoms with Gasteiger partial charge in [0, 0.05) is 11.5 Å². The Balaban J connectivity index is 1.83. The smallest absolute Gasteiger partial charge is 0.162 e. The minimum Gasteiger partial charge on any atom is -0.506 e. The number of methoxy groups -OCH3 is 2. The van der Waals surface area contributed by atoms with Gasteiger partial charge in [-0.05, 0) is 48.9 Å². The summed E-state index contributed by atoms with van der Waals surface area (Å²) in [7, 11) is 3.19. The molecule has 0 bridgehead atoms. The molecule has 1 aromatic heterocycles. The number of aromatic hydroxyl groups is 1. The lowest BCUT2D eigenvalue weighted by atomic mass is 9.90. The number of rotatable bonds is 4. The van der Waals surface area contributed by atoms with Crippen molar-refractivity contribution in [2.24, 2.45) is 0 Å². The predicted octanol–water partition coefficient (Wildman–Crippen LogP) is 3.98. The zero-order chi connectivity index (χ0) is 18.1. The Morgan fingerprint density at radius 2 is 1.77 bits per heavy atom. The van der Waals surface area contributed by atoms with Crippen LogP contribution in [-0.2, 0) is 12.8 Å². The average molecular weight is 351 g/mol. The van der Waals surface area contributed by atoms with Crippen molar-refractivity contribution in [2.45, 2.75) is 25.7 Å². The third kappa shape index (κ3) is 2.77. The molecule has 0 atom stereocenters. The second kappa shape index (κ2) is 6.71. The molecule has 2 N–H and O–H groups in total. The first kappa shape index (κ1) is 16.4. The Labute approximate surface area is 151 Å². The first-order chi connectivity index (χ1) is 12.7. The molecular weight excluding hydrogens is 330 g/mol. The zero-order valence-electron chi connectivity index (χ0n) is 14.9. The highest BCUT2D eigenvalue weighted by Crippen LogP contribution is 2.39. The summed E-state index contributed by atoms with van der Waals surface area (Å²) >= 11 is 0. The van der Waals surface area contributed by atoms with E-state index in [1.165, 1.54) is 23.9 Å². The lowest BCUT2D eigenvalue weighted by molar-refractivity contribution is 0.356. The number of nitrogens with one attached hydrogen (secondary N) is 1. The molecule has 1 aliphatic carbocycles. The number of hydrogen-bond donors (Lipinski definition) is 2. The minimum atomic E-state index is 0.234. The van der Waals surface area contributed by atoms with Crippen LogP contribution in [0.5, 0.6) is 17.2 Å². The van der Waals surface area contributed by atoms with Gasteiger partial charge in [-0.2, -0.15) is 0 Å². The van der Waals surface area contributed by atoms with Gasteiger partial charge in [0.2, 0.25) is 0 Å². The van der Waals surface area contributed by atoms with E-state index >= 15 is 0 Å². The molecule has 134 valence electrons. The van der Waals surface area contributed by atoms with E-state index in [-0.39, 0.29) is 5.75 Å². The number of anilines is 2. The van der Waals surface area contributed by atoms with E-state index < -0.39 is 0 Å². The van der Waals surface area contributed by atoms with Gasteiger partial charge in [-0.3, -0.25) is 0 Å². The summed E-state index contributed by atoms with van der Waals surface area (Å²) in [5, 5.41) is 14.6. The summed E-state index contributed by atoms with van der Waals surface area (Å²) in [5.74, 6) is 2.09. The summed E-state index contributed by atoms with van der Waals surface area (Å²) in [6.45, 7) is 0. The van der Waals surface area contributed by atoms with Gasteiger partial charge < -0.3 is 19.9 Å². The molecule has 0 unspecified atom stereocenters. The fourth-order valence-corrected chi connectivity index (χ4v) is 3.56. The maximum atomic E-state index is 10.4. The van der Waals surface area contributed by atoms with Gasteiger partial charge in [-0.25, -0.2) is 9.97 Å². The van der Waals surface area contributed by atoms with Crippen molar-refractivity contribution >= 4 is 22.4 Å². The number of aromatic nitrogens is 2. The van der Waals surface area contributed by atoms with Crippen LogP contribution < -0.4 is 14.8 Å². The summed E-state index contributed by atoms with van der Waals surface area (Å²) in [6.07, 6.45) is 5.81. The Kier molecular flexibility index (Phi) is 4.24. The SMILES string of the molecule is COc1cc2ncnc(Nc3c(O)ccc4c3CCCC4)c2cc1OC. The van der Waals surface area contributed by atoms with Crippen LogP contribution in [-0.4, -0.2) is 29.3 Å². The molecule has 0 saturated heterocycles. The monoisotopic (exact) mass is 351 g/mol. The van der Waals surface area contributed by atoms with E-state index in [0.29, 0.717) is 17.3 Å². The van der Waals surface area contributed by atoms with Crippen LogP contribution in [0.3, 0.4) is 0 Å². The number of benzene rings is 2. The minimum absolute atomic E-state index is 0.234. The lowest BCUT2D eigenvalue weighted by Crippen LogP contribution is -2.07. The van der Waals surface area contributed by atoms with Crippen LogP contribution in [0.25, 0.3) is 10.9 Å². The summed E-state index contributed by atoms with van der Waals surface area (Å²) in [6, 6.07) is 7.44. The Morgan fingerprint density at radius 3 is 2.58 bits per heavy atom. The molecule has 0 radical (unpaired) electrons. The lowest BCUT2D eigenvalue weighted by Gasteiger charge is -2.21. The molecule has 0 spiro atoms. The highest BCUT2D eigenvalue weighted by Gasteiger charge is 2.18. The molecule has 0 aliphatic heterocycles. The molecule has 26 heavy (non-hydrogen) atoms. The second-order valence-electron chi connectivity index (χ2n) is 6.38. The molecule has 0 amide bonds. The standard InChI is InChI=1S/C20H21N3O3/c1-25-17-9-14-15(10-18(17)26-2)21-11-22-20(14)23-19-13-6-4-3-5-12(13)7-8-16(19)24/h7-11,24H,3-6H2,1-2H3,(H,21,22,23). The van der Waals surface area contributed by atoms with Gasteiger partial charge >= 0.3 is 0 Å². The molecule has 1 heterocycles. The topological polar surface area (TPSA) is 76.5 Å². The van der Waals surface area contributed by atoms with Crippen molar-refractivity contribution in [3.8, 4) is 17.2 Å². The normalized spacial score (nSPS) is 13.3.